The van der Waals surface area contributed by atoms with Crippen LogP contribution in [0.4, 0.5) is 29.8 Å². The fraction of sp³-hybridized carbons (Fsp3) is 0.0588. The molecular weight excluding hydrogens is 427 g/mol. The van der Waals surface area contributed by atoms with E-state index in [-0.39, 0.29) is 15.5 Å². The van der Waals surface area contributed by atoms with Crippen LogP contribution >= 0.6 is 23.1 Å². The molecule has 0 spiro atoms. The maximum atomic E-state index is 12.9. The molecule has 29 heavy (non-hydrogen) atoms. The maximum Gasteiger partial charge on any atom is 0.416 e. The number of rotatable bonds is 6. The number of anilines is 2. The predicted molar refractivity (Wildman–Crippen MR) is 106 cm³/mol. The van der Waals surface area contributed by atoms with Gasteiger partial charge in [-0.05, 0) is 24.3 Å². The van der Waals surface area contributed by atoms with Crippen LogP contribution in [0.25, 0.3) is 0 Å². The van der Waals surface area contributed by atoms with E-state index in [1.807, 2.05) is 0 Å². The predicted octanol–water partition coefficient (Wildman–Crippen LogP) is 5.25. The number of thiazole rings is 1. The molecular formula is C17H12F3N5O2S2. The zero-order valence-electron chi connectivity index (χ0n) is 14.4. The number of nitro groups is 1. The molecule has 0 amide bonds. The summed E-state index contributed by atoms with van der Waals surface area (Å²) in [4.78, 5) is 15.2. The Morgan fingerprint density at radius 3 is 2.72 bits per heavy atom. The summed E-state index contributed by atoms with van der Waals surface area (Å²) >= 11 is 2.13. The van der Waals surface area contributed by atoms with E-state index < -0.39 is 16.7 Å². The molecule has 7 nitrogen and oxygen atoms in total. The van der Waals surface area contributed by atoms with Crippen molar-refractivity contribution in [2.45, 2.75) is 16.0 Å². The van der Waals surface area contributed by atoms with E-state index in [4.69, 9.17) is 5.73 Å². The lowest BCUT2D eigenvalue weighted by molar-refractivity contribution is -0.387. The molecule has 0 aliphatic rings. The van der Waals surface area contributed by atoms with Crippen molar-refractivity contribution in [3.05, 3.63) is 69.1 Å². The van der Waals surface area contributed by atoms with E-state index in [0.29, 0.717) is 16.5 Å². The highest BCUT2D eigenvalue weighted by Gasteiger charge is 2.30. The number of hydrogen-bond acceptors (Lipinski definition) is 8. The third kappa shape index (κ3) is 5.45. The van der Waals surface area contributed by atoms with Gasteiger partial charge >= 0.3 is 6.18 Å². The van der Waals surface area contributed by atoms with Crippen molar-refractivity contribution >= 4 is 46.0 Å². The fourth-order valence-corrected chi connectivity index (χ4v) is 3.72. The molecule has 0 radical (unpaired) electrons. The Labute approximate surface area is 170 Å². The second-order valence-corrected chi connectivity index (χ2v) is 7.53. The molecule has 1 heterocycles. The van der Waals surface area contributed by atoms with Crippen molar-refractivity contribution in [1.29, 1.82) is 0 Å². The van der Waals surface area contributed by atoms with Crippen LogP contribution in [0.5, 0.6) is 0 Å². The second kappa shape index (κ2) is 8.49. The van der Waals surface area contributed by atoms with Crippen LogP contribution < -0.4 is 11.2 Å². The Hall–Kier alpha value is -3.12. The fourth-order valence-electron chi connectivity index (χ4n) is 2.21. The first-order chi connectivity index (χ1) is 13.7. The van der Waals surface area contributed by atoms with Crippen molar-refractivity contribution < 1.29 is 18.1 Å². The van der Waals surface area contributed by atoms with Gasteiger partial charge in [0.2, 0.25) is 5.13 Å². The molecule has 12 heteroatoms. The van der Waals surface area contributed by atoms with Gasteiger partial charge in [-0.3, -0.25) is 15.5 Å². The Kier molecular flexibility index (Phi) is 6.03. The lowest BCUT2D eigenvalue weighted by Crippen LogP contribution is -2.04. The summed E-state index contributed by atoms with van der Waals surface area (Å²) in [6.07, 6.45) is -3.12. The van der Waals surface area contributed by atoms with Gasteiger partial charge in [0.05, 0.1) is 21.6 Å². The average molecular weight is 439 g/mol. The van der Waals surface area contributed by atoms with Gasteiger partial charge in [0.25, 0.3) is 5.69 Å². The first kappa shape index (κ1) is 20.6. The molecule has 0 aliphatic carbocycles. The molecule has 0 bridgehead atoms. The Bertz CT molecular complexity index is 1070. The standard InChI is InChI=1S/C17H12F3N5O2S2/c18-17(19,20)11-2-1-3-12(7-11)29-14-5-4-10(6-13(14)25(26)27)8-22-24-16-23-15(21)9-28-16/h1-9H,21H2,(H,23,24). The molecule has 150 valence electrons. The highest BCUT2D eigenvalue weighted by molar-refractivity contribution is 7.99. The average Bonchev–Trinajstić information content (AvgIpc) is 3.07. The van der Waals surface area contributed by atoms with Crippen LogP contribution in [0.15, 0.2) is 62.7 Å². The Morgan fingerprint density at radius 2 is 2.07 bits per heavy atom. The second-order valence-electron chi connectivity index (χ2n) is 5.56. The van der Waals surface area contributed by atoms with Crippen LogP contribution in [0, 0.1) is 10.1 Å². The smallest absolute Gasteiger partial charge is 0.383 e. The largest absolute Gasteiger partial charge is 0.416 e. The van der Waals surface area contributed by atoms with Crippen molar-refractivity contribution in [2.24, 2.45) is 5.10 Å². The number of nitrogens with two attached hydrogens (primary N) is 1. The van der Waals surface area contributed by atoms with Crippen molar-refractivity contribution in [1.82, 2.24) is 4.98 Å². The van der Waals surface area contributed by atoms with Crippen LogP contribution in [0.2, 0.25) is 0 Å². The highest BCUT2D eigenvalue weighted by atomic mass is 32.2. The van der Waals surface area contributed by atoms with Gasteiger partial charge in [0.1, 0.15) is 5.82 Å². The monoisotopic (exact) mass is 439 g/mol. The number of hydrogen-bond donors (Lipinski definition) is 2. The van der Waals surface area contributed by atoms with Crippen LogP contribution in [0.3, 0.4) is 0 Å². The molecule has 2 aromatic carbocycles. The lowest BCUT2D eigenvalue weighted by atomic mass is 10.2. The molecule has 3 aromatic rings. The van der Waals surface area contributed by atoms with Gasteiger partial charge in [-0.15, -0.1) is 11.3 Å². The summed E-state index contributed by atoms with van der Waals surface area (Å²) in [5.74, 6) is 0.347. The molecule has 0 atom stereocenters. The first-order valence-corrected chi connectivity index (χ1v) is 9.55. The quantitative estimate of drug-likeness (QED) is 0.309. The minimum Gasteiger partial charge on any atom is -0.383 e. The van der Waals surface area contributed by atoms with Gasteiger partial charge in [-0.1, -0.05) is 23.9 Å². The van der Waals surface area contributed by atoms with E-state index in [1.54, 1.807) is 11.4 Å². The summed E-state index contributed by atoms with van der Waals surface area (Å²) < 4.78 is 38.6. The first-order valence-electron chi connectivity index (χ1n) is 7.86. The number of halogens is 3. The third-order valence-electron chi connectivity index (χ3n) is 3.46. The van der Waals surface area contributed by atoms with Crippen LogP contribution in [0.1, 0.15) is 11.1 Å². The minimum atomic E-state index is -4.49. The number of hydrazone groups is 1. The number of nitrogens with zero attached hydrogens (tertiary/aromatic N) is 3. The molecule has 0 saturated carbocycles. The number of alkyl halides is 3. The molecule has 3 rings (SSSR count). The zero-order valence-corrected chi connectivity index (χ0v) is 16.0. The van der Waals surface area contributed by atoms with Crippen LogP contribution in [-0.2, 0) is 6.18 Å². The number of nitro benzene ring substituents is 1. The number of benzene rings is 2. The van der Waals surface area contributed by atoms with E-state index >= 15 is 0 Å². The van der Waals surface area contributed by atoms with E-state index in [1.165, 1.54) is 41.8 Å². The molecule has 3 N–H and O–H groups in total. The molecule has 0 fully saturated rings. The highest BCUT2D eigenvalue weighted by Crippen LogP contribution is 2.38. The van der Waals surface area contributed by atoms with Crippen molar-refractivity contribution in [2.75, 3.05) is 11.2 Å². The number of nitrogen functional groups attached to an aromatic ring is 1. The van der Waals surface area contributed by atoms with E-state index in [9.17, 15) is 23.3 Å². The Balaban J connectivity index is 1.80. The molecule has 0 aliphatic heterocycles. The summed E-state index contributed by atoms with van der Waals surface area (Å²) in [7, 11) is 0. The topological polar surface area (TPSA) is 106 Å². The van der Waals surface area contributed by atoms with E-state index in [2.05, 4.69) is 15.5 Å². The van der Waals surface area contributed by atoms with Gasteiger partial charge < -0.3 is 5.73 Å². The van der Waals surface area contributed by atoms with Crippen molar-refractivity contribution in [3.8, 4) is 0 Å². The molecule has 0 saturated heterocycles. The van der Waals surface area contributed by atoms with E-state index in [0.717, 1.165) is 23.9 Å². The summed E-state index contributed by atoms with van der Waals surface area (Å²) in [5, 5.41) is 17.4. The van der Waals surface area contributed by atoms with Gasteiger partial charge in [-0.25, -0.2) is 4.98 Å². The number of aromatic nitrogens is 1. The van der Waals surface area contributed by atoms with Gasteiger partial charge in [0.15, 0.2) is 0 Å². The molecule has 0 unspecified atom stereocenters. The Morgan fingerprint density at radius 1 is 1.28 bits per heavy atom. The summed E-state index contributed by atoms with van der Waals surface area (Å²) in [6.45, 7) is 0. The lowest BCUT2D eigenvalue weighted by Gasteiger charge is -2.09. The molecule has 1 aromatic heterocycles. The minimum absolute atomic E-state index is 0.215. The van der Waals surface area contributed by atoms with Crippen molar-refractivity contribution in [3.63, 3.8) is 0 Å². The third-order valence-corrected chi connectivity index (χ3v) is 5.28. The maximum absolute atomic E-state index is 12.9. The SMILES string of the molecule is Nc1csc(NN=Cc2ccc(Sc3cccc(C(F)(F)F)c3)c([N+](=O)[O-])c2)n1. The van der Waals surface area contributed by atoms with Crippen LogP contribution in [-0.4, -0.2) is 16.1 Å². The summed E-state index contributed by atoms with van der Waals surface area (Å²) in [6, 6.07) is 8.94. The number of nitrogens with one attached hydrogen (secondary N) is 1. The normalized spacial score (nSPS) is 11.7. The summed E-state index contributed by atoms with van der Waals surface area (Å²) in [5.41, 5.74) is 7.52. The zero-order chi connectivity index (χ0) is 21.0. The van der Waals surface area contributed by atoms with Gasteiger partial charge in [-0.2, -0.15) is 18.3 Å². The van der Waals surface area contributed by atoms with Gasteiger partial charge in [0, 0.05) is 21.9 Å².